The van der Waals surface area contributed by atoms with Gasteiger partial charge in [-0.05, 0) is 23.3 Å². The number of halogens is 1. The quantitative estimate of drug-likeness (QED) is 0.797. The lowest BCUT2D eigenvalue weighted by Gasteiger charge is -2.05. The third kappa shape index (κ3) is 4.56. The van der Waals surface area contributed by atoms with E-state index in [9.17, 15) is 9.59 Å². The summed E-state index contributed by atoms with van der Waals surface area (Å²) in [5.74, 6) is -0.626. The van der Waals surface area contributed by atoms with Crippen molar-refractivity contribution in [1.29, 1.82) is 0 Å². The van der Waals surface area contributed by atoms with Crippen molar-refractivity contribution in [3.63, 3.8) is 0 Å². The molecule has 0 aliphatic rings. The normalized spacial score (nSPS) is 9.82. The second kappa shape index (κ2) is 6.39. The zero-order valence-electron chi connectivity index (χ0n) is 9.66. The predicted molar refractivity (Wildman–Crippen MR) is 65.6 cm³/mol. The van der Waals surface area contributed by atoms with Crippen LogP contribution in [0.3, 0.4) is 0 Å². The Morgan fingerprint density at radius 2 is 1.41 bits per heavy atom. The standard InChI is InChI=1S/C12H13BrO4/c1-16-11(14)6-8-3-9(5-10(13)4-8)7-12(15)17-2/h3-5H,6-7H2,1-2H3. The van der Waals surface area contributed by atoms with Crippen LogP contribution in [0.5, 0.6) is 0 Å². The number of rotatable bonds is 4. The van der Waals surface area contributed by atoms with Crippen molar-refractivity contribution in [3.05, 3.63) is 33.8 Å². The predicted octanol–water partition coefficient (Wildman–Crippen LogP) is 1.88. The van der Waals surface area contributed by atoms with Gasteiger partial charge in [-0.2, -0.15) is 0 Å². The minimum Gasteiger partial charge on any atom is -0.469 e. The summed E-state index contributed by atoms with van der Waals surface area (Å²) in [7, 11) is 2.69. The van der Waals surface area contributed by atoms with E-state index in [1.54, 1.807) is 6.07 Å². The molecule has 5 heteroatoms. The zero-order valence-corrected chi connectivity index (χ0v) is 11.2. The van der Waals surface area contributed by atoms with Gasteiger partial charge in [-0.25, -0.2) is 0 Å². The van der Waals surface area contributed by atoms with Crippen molar-refractivity contribution in [2.24, 2.45) is 0 Å². The van der Waals surface area contributed by atoms with Gasteiger partial charge in [0.05, 0.1) is 27.1 Å². The fourth-order valence-corrected chi connectivity index (χ4v) is 1.99. The zero-order chi connectivity index (χ0) is 12.8. The Kier molecular flexibility index (Phi) is 5.15. The van der Waals surface area contributed by atoms with Gasteiger partial charge < -0.3 is 9.47 Å². The topological polar surface area (TPSA) is 52.6 Å². The summed E-state index contributed by atoms with van der Waals surface area (Å²) in [4.78, 5) is 22.3. The maximum atomic E-state index is 11.2. The summed E-state index contributed by atoms with van der Waals surface area (Å²) in [5, 5.41) is 0. The summed E-state index contributed by atoms with van der Waals surface area (Å²) >= 11 is 3.33. The molecule has 1 aromatic carbocycles. The third-order valence-corrected chi connectivity index (χ3v) is 2.63. The first-order chi connectivity index (χ1) is 8.05. The summed E-state index contributed by atoms with van der Waals surface area (Å²) in [6.45, 7) is 0. The van der Waals surface area contributed by atoms with Crippen molar-refractivity contribution in [2.45, 2.75) is 12.8 Å². The molecule has 0 amide bonds. The van der Waals surface area contributed by atoms with Crippen molar-refractivity contribution >= 4 is 27.9 Å². The van der Waals surface area contributed by atoms with E-state index >= 15 is 0 Å². The van der Waals surface area contributed by atoms with Gasteiger partial charge >= 0.3 is 11.9 Å². The van der Waals surface area contributed by atoms with Crippen molar-refractivity contribution < 1.29 is 19.1 Å². The smallest absolute Gasteiger partial charge is 0.309 e. The molecule has 0 aromatic heterocycles. The highest BCUT2D eigenvalue weighted by molar-refractivity contribution is 9.10. The van der Waals surface area contributed by atoms with Gasteiger partial charge in [0, 0.05) is 4.47 Å². The average molecular weight is 301 g/mol. The van der Waals surface area contributed by atoms with Gasteiger partial charge in [-0.3, -0.25) is 9.59 Å². The minimum absolute atomic E-state index is 0.185. The van der Waals surface area contributed by atoms with Gasteiger partial charge in [-0.15, -0.1) is 0 Å². The van der Waals surface area contributed by atoms with E-state index in [1.165, 1.54) is 14.2 Å². The van der Waals surface area contributed by atoms with Crippen LogP contribution in [0.1, 0.15) is 11.1 Å². The Bertz CT molecular complexity index is 392. The molecule has 0 aliphatic carbocycles. The number of hydrogen-bond donors (Lipinski definition) is 0. The molecule has 0 radical (unpaired) electrons. The lowest BCUT2D eigenvalue weighted by Crippen LogP contribution is -2.07. The fourth-order valence-electron chi connectivity index (χ4n) is 1.40. The molecular formula is C12H13BrO4. The van der Waals surface area contributed by atoms with E-state index in [1.807, 2.05) is 12.1 Å². The Balaban J connectivity index is 2.86. The van der Waals surface area contributed by atoms with Gasteiger partial charge in [0.2, 0.25) is 0 Å². The number of carbonyl (C=O) groups is 2. The third-order valence-electron chi connectivity index (χ3n) is 2.17. The van der Waals surface area contributed by atoms with Gasteiger partial charge in [0.25, 0.3) is 0 Å². The van der Waals surface area contributed by atoms with Crippen LogP contribution in [0, 0.1) is 0 Å². The Morgan fingerprint density at radius 1 is 1.00 bits per heavy atom. The van der Waals surface area contributed by atoms with E-state index in [0.717, 1.165) is 15.6 Å². The Morgan fingerprint density at radius 3 is 1.76 bits per heavy atom. The van der Waals surface area contributed by atoms with Crippen LogP contribution < -0.4 is 0 Å². The Hall–Kier alpha value is -1.36. The number of methoxy groups -OCH3 is 2. The van der Waals surface area contributed by atoms with Crippen molar-refractivity contribution in [1.82, 2.24) is 0 Å². The lowest BCUT2D eigenvalue weighted by molar-refractivity contribution is -0.140. The summed E-state index contributed by atoms with van der Waals surface area (Å²) in [5.41, 5.74) is 1.59. The molecule has 1 aromatic rings. The minimum atomic E-state index is -0.313. The molecule has 0 spiro atoms. The molecular weight excluding hydrogens is 288 g/mol. The van der Waals surface area contributed by atoms with E-state index in [2.05, 4.69) is 25.4 Å². The lowest BCUT2D eigenvalue weighted by atomic mass is 10.1. The van der Waals surface area contributed by atoms with Crippen LogP contribution >= 0.6 is 15.9 Å². The molecule has 0 saturated heterocycles. The van der Waals surface area contributed by atoms with Crippen LogP contribution in [0.15, 0.2) is 22.7 Å². The molecule has 0 heterocycles. The van der Waals surface area contributed by atoms with E-state index in [4.69, 9.17) is 0 Å². The number of carbonyl (C=O) groups excluding carboxylic acids is 2. The second-order valence-electron chi connectivity index (χ2n) is 3.47. The highest BCUT2D eigenvalue weighted by Gasteiger charge is 2.08. The van der Waals surface area contributed by atoms with Crippen LogP contribution in [0.4, 0.5) is 0 Å². The fraction of sp³-hybridized carbons (Fsp3) is 0.333. The molecule has 0 unspecified atom stereocenters. The highest BCUT2D eigenvalue weighted by Crippen LogP contribution is 2.17. The number of hydrogen-bond acceptors (Lipinski definition) is 4. The SMILES string of the molecule is COC(=O)Cc1cc(Br)cc(CC(=O)OC)c1. The van der Waals surface area contributed by atoms with Gasteiger partial charge in [0.15, 0.2) is 0 Å². The number of benzene rings is 1. The van der Waals surface area contributed by atoms with Crippen LogP contribution in [0.2, 0.25) is 0 Å². The number of esters is 2. The average Bonchev–Trinajstić information content (AvgIpc) is 2.27. The van der Waals surface area contributed by atoms with Gasteiger partial charge in [-0.1, -0.05) is 22.0 Å². The maximum absolute atomic E-state index is 11.2. The summed E-state index contributed by atoms with van der Waals surface area (Å²) < 4.78 is 10.00. The summed E-state index contributed by atoms with van der Waals surface area (Å²) in [6.07, 6.45) is 0.369. The largest absolute Gasteiger partial charge is 0.469 e. The first-order valence-corrected chi connectivity index (χ1v) is 5.76. The first kappa shape index (κ1) is 13.7. The van der Waals surface area contributed by atoms with Crippen molar-refractivity contribution in [2.75, 3.05) is 14.2 Å². The van der Waals surface area contributed by atoms with Crippen LogP contribution in [0.25, 0.3) is 0 Å². The van der Waals surface area contributed by atoms with E-state index in [0.29, 0.717) is 0 Å². The number of ether oxygens (including phenoxy) is 2. The van der Waals surface area contributed by atoms with E-state index in [-0.39, 0.29) is 24.8 Å². The highest BCUT2D eigenvalue weighted by atomic mass is 79.9. The molecule has 0 saturated carbocycles. The molecule has 0 bridgehead atoms. The molecule has 4 nitrogen and oxygen atoms in total. The molecule has 0 atom stereocenters. The molecule has 0 aliphatic heterocycles. The summed E-state index contributed by atoms with van der Waals surface area (Å²) in [6, 6.07) is 5.42. The maximum Gasteiger partial charge on any atom is 0.309 e. The van der Waals surface area contributed by atoms with Gasteiger partial charge in [0.1, 0.15) is 0 Å². The van der Waals surface area contributed by atoms with Crippen LogP contribution in [-0.4, -0.2) is 26.2 Å². The molecule has 0 fully saturated rings. The van der Waals surface area contributed by atoms with E-state index < -0.39 is 0 Å². The first-order valence-electron chi connectivity index (χ1n) is 4.97. The molecule has 1 rings (SSSR count). The molecule has 92 valence electrons. The second-order valence-corrected chi connectivity index (χ2v) is 4.39. The molecule has 17 heavy (non-hydrogen) atoms. The molecule has 0 N–H and O–H groups in total. The van der Waals surface area contributed by atoms with Crippen LogP contribution in [-0.2, 0) is 31.9 Å². The van der Waals surface area contributed by atoms with Crippen molar-refractivity contribution in [3.8, 4) is 0 Å². The monoisotopic (exact) mass is 300 g/mol. The Labute approximate surface area is 108 Å².